The highest BCUT2D eigenvalue weighted by atomic mass is 79.9. The second kappa shape index (κ2) is 4.55. The van der Waals surface area contributed by atoms with Crippen LogP contribution >= 0.6 is 31.9 Å². The van der Waals surface area contributed by atoms with Crippen molar-refractivity contribution in [3.63, 3.8) is 0 Å². The summed E-state index contributed by atoms with van der Waals surface area (Å²) in [5.41, 5.74) is 2.63. The minimum absolute atomic E-state index is 0.244. The van der Waals surface area contributed by atoms with Gasteiger partial charge in [0.15, 0.2) is 0 Å². The first-order valence-electron chi connectivity index (χ1n) is 6.64. The summed E-state index contributed by atoms with van der Waals surface area (Å²) in [6.45, 7) is 0. The molecular formula is C17H12Br2O. The molecule has 1 nitrogen and oxygen atoms in total. The van der Waals surface area contributed by atoms with Gasteiger partial charge in [0.05, 0.1) is 6.10 Å². The van der Waals surface area contributed by atoms with Gasteiger partial charge < -0.3 is 5.11 Å². The lowest BCUT2D eigenvalue weighted by atomic mass is 9.93. The van der Waals surface area contributed by atoms with Crippen LogP contribution in [0.15, 0.2) is 45.3 Å². The summed E-state index contributed by atoms with van der Waals surface area (Å²) in [7, 11) is 0. The van der Waals surface area contributed by atoms with E-state index < -0.39 is 0 Å². The summed E-state index contributed by atoms with van der Waals surface area (Å²) in [4.78, 5) is 0. The molecule has 0 unspecified atom stereocenters. The molecule has 0 saturated heterocycles. The lowest BCUT2D eigenvalue weighted by molar-refractivity contribution is 0.187. The normalized spacial score (nSPS) is 15.2. The standard InChI is InChI=1S/C17H12Br2O/c18-9-1-3-12-14(5-9)15-6-10(19)2-4-13(15)17-8-11(20)7-16(12)17/h1-6,11,20H,7-8H2. The Bertz CT molecular complexity index is 784. The molecule has 0 radical (unpaired) electrons. The molecule has 0 fully saturated rings. The number of hydrogen-bond acceptors (Lipinski definition) is 1. The number of hydrogen-bond donors (Lipinski definition) is 1. The molecule has 20 heavy (non-hydrogen) atoms. The monoisotopic (exact) mass is 390 g/mol. The molecule has 0 aromatic heterocycles. The Morgan fingerprint density at radius 3 is 1.65 bits per heavy atom. The first-order valence-corrected chi connectivity index (χ1v) is 8.22. The molecule has 0 spiro atoms. The van der Waals surface area contributed by atoms with Crippen LogP contribution < -0.4 is 0 Å². The Hall–Kier alpha value is -0.900. The van der Waals surface area contributed by atoms with Gasteiger partial charge in [0, 0.05) is 8.95 Å². The number of benzene rings is 3. The molecule has 100 valence electrons. The van der Waals surface area contributed by atoms with E-state index in [9.17, 15) is 5.11 Å². The second-order valence-electron chi connectivity index (χ2n) is 5.40. The summed E-state index contributed by atoms with van der Waals surface area (Å²) in [5.74, 6) is 0. The minimum atomic E-state index is -0.244. The van der Waals surface area contributed by atoms with Crippen LogP contribution in [0.25, 0.3) is 21.5 Å². The first kappa shape index (κ1) is 12.8. The Morgan fingerprint density at radius 2 is 1.20 bits per heavy atom. The highest BCUT2D eigenvalue weighted by Gasteiger charge is 2.24. The van der Waals surface area contributed by atoms with Crippen molar-refractivity contribution in [2.75, 3.05) is 0 Å². The van der Waals surface area contributed by atoms with Crippen LogP contribution in [0.3, 0.4) is 0 Å². The van der Waals surface area contributed by atoms with Crippen LogP contribution in [-0.4, -0.2) is 11.2 Å². The van der Waals surface area contributed by atoms with Crippen LogP contribution in [0, 0.1) is 0 Å². The van der Waals surface area contributed by atoms with E-state index in [1.165, 1.54) is 32.7 Å². The largest absolute Gasteiger partial charge is 0.392 e. The minimum Gasteiger partial charge on any atom is -0.392 e. The Kier molecular flexibility index (Phi) is 2.92. The van der Waals surface area contributed by atoms with Crippen LogP contribution in [0.5, 0.6) is 0 Å². The molecule has 1 aliphatic rings. The second-order valence-corrected chi connectivity index (χ2v) is 7.23. The van der Waals surface area contributed by atoms with Crippen LogP contribution in [-0.2, 0) is 12.8 Å². The quantitative estimate of drug-likeness (QED) is 0.536. The lowest BCUT2D eigenvalue weighted by Gasteiger charge is -2.12. The summed E-state index contributed by atoms with van der Waals surface area (Å²) in [6, 6.07) is 12.8. The summed E-state index contributed by atoms with van der Waals surface area (Å²) < 4.78 is 2.18. The number of rotatable bonds is 0. The van der Waals surface area contributed by atoms with Gasteiger partial charge in [-0.2, -0.15) is 0 Å². The van der Waals surface area contributed by atoms with Crippen molar-refractivity contribution < 1.29 is 5.11 Å². The van der Waals surface area contributed by atoms with Gasteiger partial charge in [-0.15, -0.1) is 0 Å². The van der Waals surface area contributed by atoms with Gasteiger partial charge >= 0.3 is 0 Å². The molecule has 1 N–H and O–H groups in total. The number of aliphatic hydroxyl groups excluding tert-OH is 1. The highest BCUT2D eigenvalue weighted by molar-refractivity contribution is 9.10. The summed E-state index contributed by atoms with van der Waals surface area (Å²) in [5, 5.41) is 15.1. The van der Waals surface area contributed by atoms with E-state index in [0.29, 0.717) is 0 Å². The van der Waals surface area contributed by atoms with E-state index in [1.54, 1.807) is 0 Å². The summed E-state index contributed by atoms with van der Waals surface area (Å²) >= 11 is 7.14. The van der Waals surface area contributed by atoms with Crippen LogP contribution in [0.1, 0.15) is 11.1 Å². The van der Waals surface area contributed by atoms with Gasteiger partial charge in [-0.1, -0.05) is 44.0 Å². The van der Waals surface area contributed by atoms with Gasteiger partial charge in [-0.05, 0) is 69.8 Å². The predicted octanol–water partition coefficient (Wildman–Crippen LogP) is 4.98. The third-order valence-electron chi connectivity index (χ3n) is 4.15. The molecule has 0 atom stereocenters. The Balaban J connectivity index is 2.25. The topological polar surface area (TPSA) is 20.2 Å². The highest BCUT2D eigenvalue weighted by Crippen LogP contribution is 2.39. The number of fused-ring (bicyclic) bond motifs is 6. The zero-order valence-electron chi connectivity index (χ0n) is 10.7. The van der Waals surface area contributed by atoms with Crippen LogP contribution in [0.2, 0.25) is 0 Å². The molecule has 3 heteroatoms. The predicted molar refractivity (Wildman–Crippen MR) is 90.3 cm³/mol. The van der Waals surface area contributed by atoms with Gasteiger partial charge in [-0.3, -0.25) is 0 Å². The average molecular weight is 392 g/mol. The Morgan fingerprint density at radius 1 is 0.750 bits per heavy atom. The van der Waals surface area contributed by atoms with Gasteiger partial charge in [-0.25, -0.2) is 0 Å². The van der Waals surface area contributed by atoms with E-state index in [4.69, 9.17) is 0 Å². The van der Waals surface area contributed by atoms with Crippen molar-refractivity contribution >= 4 is 53.4 Å². The Labute approximate surface area is 133 Å². The molecular weight excluding hydrogens is 380 g/mol. The average Bonchev–Trinajstić information content (AvgIpc) is 2.80. The zero-order valence-corrected chi connectivity index (χ0v) is 13.8. The van der Waals surface area contributed by atoms with Gasteiger partial charge in [0.1, 0.15) is 0 Å². The maximum atomic E-state index is 10.1. The maximum absolute atomic E-state index is 10.1. The fourth-order valence-corrected chi connectivity index (χ4v) is 4.06. The van der Waals surface area contributed by atoms with Gasteiger partial charge in [0.25, 0.3) is 0 Å². The molecule has 0 heterocycles. The van der Waals surface area contributed by atoms with Crippen LogP contribution in [0.4, 0.5) is 0 Å². The molecule has 3 aromatic rings. The van der Waals surface area contributed by atoms with Crippen molar-refractivity contribution in [2.45, 2.75) is 18.9 Å². The number of halogens is 2. The lowest BCUT2D eigenvalue weighted by Crippen LogP contribution is -2.03. The molecule has 0 saturated carbocycles. The molecule has 0 amide bonds. The van der Waals surface area contributed by atoms with Crippen molar-refractivity contribution in [3.8, 4) is 0 Å². The van der Waals surface area contributed by atoms with E-state index in [1.807, 2.05) is 0 Å². The van der Waals surface area contributed by atoms with Crippen molar-refractivity contribution in [3.05, 3.63) is 56.5 Å². The molecule has 1 aliphatic carbocycles. The smallest absolute Gasteiger partial charge is 0.0621 e. The SMILES string of the molecule is OC1Cc2c(c3ccc(Br)cc3c3cc(Br)ccc23)C1. The molecule has 3 aromatic carbocycles. The van der Waals surface area contributed by atoms with E-state index in [2.05, 4.69) is 68.3 Å². The third kappa shape index (κ3) is 1.84. The van der Waals surface area contributed by atoms with Gasteiger partial charge in [0.2, 0.25) is 0 Å². The fraction of sp³-hybridized carbons (Fsp3) is 0.176. The van der Waals surface area contributed by atoms with E-state index in [0.717, 1.165) is 21.8 Å². The zero-order chi connectivity index (χ0) is 13.9. The summed E-state index contributed by atoms with van der Waals surface area (Å²) in [6.07, 6.45) is 1.28. The molecule has 4 rings (SSSR count). The fourth-order valence-electron chi connectivity index (χ4n) is 3.34. The number of aliphatic hydroxyl groups is 1. The van der Waals surface area contributed by atoms with Crippen molar-refractivity contribution in [1.29, 1.82) is 0 Å². The van der Waals surface area contributed by atoms with E-state index >= 15 is 0 Å². The molecule has 0 aliphatic heterocycles. The van der Waals surface area contributed by atoms with Crippen molar-refractivity contribution in [2.24, 2.45) is 0 Å². The first-order chi connectivity index (χ1) is 9.63. The van der Waals surface area contributed by atoms with Crippen molar-refractivity contribution in [1.82, 2.24) is 0 Å². The molecule has 0 bridgehead atoms. The third-order valence-corrected chi connectivity index (χ3v) is 5.13. The van der Waals surface area contributed by atoms with E-state index in [-0.39, 0.29) is 6.10 Å². The maximum Gasteiger partial charge on any atom is 0.0621 e.